The topological polar surface area (TPSA) is 154 Å². The second-order valence-electron chi connectivity index (χ2n) is 11.3. The maximum atomic E-state index is 13.9. The molecule has 1 N–H and O–H groups in total. The van der Waals surface area contributed by atoms with Crippen molar-refractivity contribution in [3.05, 3.63) is 65.9 Å². The molecule has 0 amide bonds. The van der Waals surface area contributed by atoms with E-state index >= 15 is 0 Å². The van der Waals surface area contributed by atoms with Crippen LogP contribution in [0.15, 0.2) is 59.6 Å². The van der Waals surface area contributed by atoms with Gasteiger partial charge in [0.15, 0.2) is 29.7 Å². The van der Waals surface area contributed by atoms with Crippen LogP contribution in [0.3, 0.4) is 0 Å². The molecule has 2 aromatic carbocycles. The number of carboxylic acid groups (broad SMARTS) is 1. The van der Waals surface area contributed by atoms with Crippen LogP contribution in [-0.2, 0) is 30.8 Å². The molecule has 1 fully saturated rings. The van der Waals surface area contributed by atoms with E-state index in [1.807, 2.05) is 24.1 Å². The van der Waals surface area contributed by atoms with Crippen molar-refractivity contribution in [2.24, 2.45) is 0 Å². The standard InChI is InChI=1S/C33H39N3O10S/c1-35-15-16-44-30-19-25(20-34-32(30)35)47(40,41)36-14-5-4-9-26(36)33(39)46-27(23-7-6-8-24(18-23)45-21-31(37)38)12-10-22-11-13-28(42-2)29(17-22)43-3/h6-8,11,13,17-20,26-27H,4-5,9-10,12,14-16,21H2,1-3H3,(H,37,38)/t26?,27-/m1/s1. The van der Waals surface area contributed by atoms with Crippen molar-refractivity contribution >= 4 is 27.8 Å². The predicted octanol–water partition coefficient (Wildman–Crippen LogP) is 3.85. The molecule has 2 aliphatic rings. The first-order chi connectivity index (χ1) is 22.6. The molecule has 252 valence electrons. The molecule has 1 saturated heterocycles. The van der Waals surface area contributed by atoms with E-state index in [0.29, 0.717) is 79.6 Å². The van der Waals surface area contributed by atoms with Gasteiger partial charge in [0.1, 0.15) is 29.4 Å². The van der Waals surface area contributed by atoms with Gasteiger partial charge in [0.05, 0.1) is 20.8 Å². The van der Waals surface area contributed by atoms with Crippen LogP contribution >= 0.6 is 0 Å². The number of rotatable bonds is 13. The van der Waals surface area contributed by atoms with Crippen LogP contribution in [0, 0.1) is 0 Å². The summed E-state index contributed by atoms with van der Waals surface area (Å²) in [5.41, 5.74) is 1.48. The number of piperidine rings is 1. The van der Waals surface area contributed by atoms with Crippen LogP contribution < -0.4 is 23.8 Å². The average molecular weight is 670 g/mol. The van der Waals surface area contributed by atoms with Gasteiger partial charge in [-0.15, -0.1) is 0 Å². The molecule has 0 saturated carbocycles. The van der Waals surface area contributed by atoms with Gasteiger partial charge >= 0.3 is 11.9 Å². The van der Waals surface area contributed by atoms with Crippen molar-refractivity contribution < 1.29 is 46.8 Å². The number of aryl methyl sites for hydroxylation is 1. The Labute approximate surface area is 274 Å². The summed E-state index contributed by atoms with van der Waals surface area (Å²) in [5.74, 6) is 0.551. The lowest BCUT2D eigenvalue weighted by Crippen LogP contribution is -2.48. The van der Waals surface area contributed by atoms with Gasteiger partial charge in [0.2, 0.25) is 10.0 Å². The summed E-state index contributed by atoms with van der Waals surface area (Å²) >= 11 is 0. The molecule has 2 aliphatic heterocycles. The molecule has 47 heavy (non-hydrogen) atoms. The summed E-state index contributed by atoms with van der Waals surface area (Å²) < 4.78 is 57.1. The number of esters is 1. The third-order valence-corrected chi connectivity index (χ3v) is 10.1. The summed E-state index contributed by atoms with van der Waals surface area (Å²) in [5, 5.41) is 9.07. The van der Waals surface area contributed by atoms with Gasteiger partial charge in [-0.2, -0.15) is 4.31 Å². The zero-order valence-corrected chi connectivity index (χ0v) is 27.4. The van der Waals surface area contributed by atoms with E-state index < -0.39 is 40.7 Å². The Hall–Kier alpha value is -4.56. The fourth-order valence-corrected chi connectivity index (χ4v) is 7.32. The molecular weight excluding hydrogens is 630 g/mol. The summed E-state index contributed by atoms with van der Waals surface area (Å²) in [7, 11) is 0.824. The molecule has 14 heteroatoms. The fourth-order valence-electron chi connectivity index (χ4n) is 5.71. The van der Waals surface area contributed by atoms with Gasteiger partial charge in [-0.25, -0.2) is 18.2 Å². The molecule has 0 bridgehead atoms. The lowest BCUT2D eigenvalue weighted by molar-refractivity contribution is -0.155. The number of carboxylic acids is 1. The van der Waals surface area contributed by atoms with Crippen LogP contribution in [-0.4, -0.2) is 88.4 Å². The number of anilines is 1. The third kappa shape index (κ3) is 7.88. The van der Waals surface area contributed by atoms with Crippen molar-refractivity contribution in [2.75, 3.05) is 52.5 Å². The first-order valence-electron chi connectivity index (χ1n) is 15.3. The van der Waals surface area contributed by atoms with Crippen molar-refractivity contribution in [1.29, 1.82) is 0 Å². The number of benzene rings is 2. The van der Waals surface area contributed by atoms with Gasteiger partial charge in [-0.3, -0.25) is 4.79 Å². The van der Waals surface area contributed by atoms with E-state index in [-0.39, 0.29) is 11.4 Å². The molecule has 0 spiro atoms. The Bertz CT molecular complexity index is 1700. The predicted molar refractivity (Wildman–Crippen MR) is 171 cm³/mol. The number of methoxy groups -OCH3 is 2. The van der Waals surface area contributed by atoms with Crippen molar-refractivity contribution in [1.82, 2.24) is 9.29 Å². The minimum absolute atomic E-state index is 0.0560. The first kappa shape index (κ1) is 33.8. The van der Waals surface area contributed by atoms with Crippen LogP contribution in [0.1, 0.15) is 42.9 Å². The van der Waals surface area contributed by atoms with E-state index in [1.165, 1.54) is 16.6 Å². The SMILES string of the molecule is COc1ccc(CC[C@@H](OC(=O)C2CCCCN2S(=O)(=O)c2cnc3c(c2)OCCN3C)c2cccc(OCC(=O)O)c2)cc1OC. The number of pyridine rings is 1. The molecule has 2 atom stereocenters. The zero-order valence-electron chi connectivity index (χ0n) is 26.6. The second kappa shape index (κ2) is 14.9. The number of carbonyl (C=O) groups excluding carboxylic acids is 1. The number of fused-ring (bicyclic) bond motifs is 1. The Morgan fingerprint density at radius 3 is 2.64 bits per heavy atom. The maximum absolute atomic E-state index is 13.9. The van der Waals surface area contributed by atoms with Crippen LogP contribution in [0.2, 0.25) is 0 Å². The van der Waals surface area contributed by atoms with Gasteiger partial charge in [0.25, 0.3) is 0 Å². The highest BCUT2D eigenvalue weighted by Gasteiger charge is 2.40. The van der Waals surface area contributed by atoms with Crippen LogP contribution in [0.4, 0.5) is 5.82 Å². The highest BCUT2D eigenvalue weighted by Crippen LogP contribution is 2.35. The van der Waals surface area contributed by atoms with Gasteiger partial charge in [-0.1, -0.05) is 18.2 Å². The Kier molecular flexibility index (Phi) is 10.7. The first-order valence-corrected chi connectivity index (χ1v) is 16.8. The molecule has 5 rings (SSSR count). The molecule has 0 radical (unpaired) electrons. The van der Waals surface area contributed by atoms with Crippen molar-refractivity contribution in [3.8, 4) is 23.0 Å². The second-order valence-corrected chi connectivity index (χ2v) is 13.2. The number of hydrogen-bond donors (Lipinski definition) is 1. The lowest BCUT2D eigenvalue weighted by Gasteiger charge is -2.34. The van der Waals surface area contributed by atoms with Gasteiger partial charge < -0.3 is 33.7 Å². The van der Waals surface area contributed by atoms with Crippen LogP contribution in [0.5, 0.6) is 23.0 Å². The van der Waals surface area contributed by atoms with Gasteiger partial charge in [-0.05, 0) is 67.5 Å². The number of aromatic nitrogens is 1. The molecule has 0 aliphatic carbocycles. The monoisotopic (exact) mass is 669 g/mol. The number of sulfonamides is 1. The largest absolute Gasteiger partial charge is 0.493 e. The Balaban J connectivity index is 1.40. The van der Waals surface area contributed by atoms with E-state index in [2.05, 4.69) is 4.98 Å². The number of ether oxygens (including phenoxy) is 5. The molecule has 13 nitrogen and oxygen atoms in total. The van der Waals surface area contributed by atoms with E-state index in [0.717, 1.165) is 5.56 Å². The smallest absolute Gasteiger partial charge is 0.341 e. The van der Waals surface area contributed by atoms with Crippen molar-refractivity contribution in [3.63, 3.8) is 0 Å². The molecule has 1 unspecified atom stereocenters. The summed E-state index contributed by atoms with van der Waals surface area (Å²) in [6.45, 7) is 0.649. The third-order valence-electron chi connectivity index (χ3n) is 8.18. The van der Waals surface area contributed by atoms with Crippen molar-refractivity contribution in [2.45, 2.75) is 49.1 Å². The summed E-state index contributed by atoms with van der Waals surface area (Å²) in [6, 6.07) is 12.6. The lowest BCUT2D eigenvalue weighted by atomic mass is 10.00. The summed E-state index contributed by atoms with van der Waals surface area (Å²) in [4.78, 5) is 31.2. The number of aliphatic carboxylic acids is 1. The molecular formula is C33H39N3O10S. The average Bonchev–Trinajstić information content (AvgIpc) is 3.09. The molecule has 3 heterocycles. The number of nitrogens with zero attached hydrogens (tertiary/aromatic N) is 3. The Morgan fingerprint density at radius 2 is 1.87 bits per heavy atom. The zero-order chi connectivity index (χ0) is 33.6. The normalized spacial score (nSPS) is 17.2. The number of likely N-dealkylation sites (N-methyl/N-ethyl adjacent to an activating group) is 1. The minimum Gasteiger partial charge on any atom is -0.493 e. The number of hydrogen-bond acceptors (Lipinski definition) is 11. The highest BCUT2D eigenvalue weighted by molar-refractivity contribution is 7.89. The molecule has 3 aromatic rings. The van der Waals surface area contributed by atoms with Crippen LogP contribution in [0.25, 0.3) is 0 Å². The summed E-state index contributed by atoms with van der Waals surface area (Å²) in [6.07, 6.45) is 2.83. The van der Waals surface area contributed by atoms with E-state index in [1.54, 1.807) is 44.6 Å². The van der Waals surface area contributed by atoms with E-state index in [4.69, 9.17) is 28.8 Å². The fraction of sp³-hybridized carbons (Fsp3) is 0.424. The minimum atomic E-state index is -4.13. The molecule has 1 aromatic heterocycles. The quantitative estimate of drug-likeness (QED) is 0.263. The van der Waals surface area contributed by atoms with E-state index in [9.17, 15) is 18.0 Å². The highest BCUT2D eigenvalue weighted by atomic mass is 32.2. The maximum Gasteiger partial charge on any atom is 0.341 e. The number of carbonyl (C=O) groups is 2. The van der Waals surface area contributed by atoms with Gasteiger partial charge in [0, 0.05) is 25.9 Å². The Morgan fingerprint density at radius 1 is 1.06 bits per heavy atom.